The van der Waals surface area contributed by atoms with Gasteiger partial charge in [-0.1, -0.05) is 6.30 Å². The van der Waals surface area contributed by atoms with E-state index in [1.807, 2.05) is 0 Å². The molecule has 4 N–H and O–H groups in total. The molecule has 0 spiro atoms. The maximum absolute atomic E-state index is 11.8. The van der Waals surface area contributed by atoms with Crippen LogP contribution in [0.15, 0.2) is 0 Å². The maximum atomic E-state index is 11.8. The minimum absolute atomic E-state index is 0.0952. The number of aliphatic hydroxyl groups is 2. The van der Waals surface area contributed by atoms with Gasteiger partial charge in [-0.2, -0.15) is 0 Å². The first-order valence-corrected chi connectivity index (χ1v) is 10.0. The first-order valence-electron chi connectivity index (χ1n) is 5.46. The fourth-order valence-corrected chi connectivity index (χ4v) is 6.45. The Morgan fingerprint density at radius 3 is 2.28 bits per heavy atom. The number of rotatable bonds is 9. The zero-order valence-corrected chi connectivity index (χ0v) is 12.3. The van der Waals surface area contributed by atoms with E-state index in [1.54, 1.807) is 0 Å². The van der Waals surface area contributed by atoms with Crippen LogP contribution in [0.4, 0.5) is 0 Å². The van der Waals surface area contributed by atoms with E-state index in [4.69, 9.17) is 22.8 Å². The molecule has 0 rings (SSSR count). The standard InChI is InChI=1S/C9H21BO6P2/c1-17(2,13)7-18(14,15)4-3-8(5-11)16-9(10)6-12/h8-9,11-13H,1,3-7H2,2H3,(H,14,15)/t8-,9-,17?/m1/s1. The molecule has 2 radical (unpaired) electrons. The minimum atomic E-state index is -3.49. The van der Waals surface area contributed by atoms with Crippen molar-refractivity contribution < 1.29 is 29.3 Å². The lowest BCUT2D eigenvalue weighted by atomic mass is 10.0. The molecule has 0 aromatic carbocycles. The molecule has 0 aliphatic heterocycles. The third-order valence-corrected chi connectivity index (χ3v) is 7.24. The van der Waals surface area contributed by atoms with Crippen LogP contribution >= 0.6 is 14.5 Å². The molecule has 6 nitrogen and oxygen atoms in total. The van der Waals surface area contributed by atoms with E-state index in [2.05, 4.69) is 6.30 Å². The second-order valence-corrected chi connectivity index (χ2v) is 10.4. The molecular weight excluding hydrogens is 277 g/mol. The van der Waals surface area contributed by atoms with Crippen molar-refractivity contribution in [2.45, 2.75) is 18.5 Å². The van der Waals surface area contributed by atoms with Crippen LogP contribution in [0.1, 0.15) is 6.42 Å². The van der Waals surface area contributed by atoms with Crippen molar-refractivity contribution >= 4 is 28.6 Å². The summed E-state index contributed by atoms with van der Waals surface area (Å²) in [6.45, 7) is 0.702. The van der Waals surface area contributed by atoms with Crippen LogP contribution in [-0.2, 0) is 9.30 Å². The normalized spacial score (nSPS) is 21.8. The van der Waals surface area contributed by atoms with Crippen molar-refractivity contribution in [3.8, 4) is 0 Å². The molecule has 2 unspecified atom stereocenters. The second-order valence-electron chi connectivity index (χ2n) is 4.50. The lowest BCUT2D eigenvalue weighted by Crippen LogP contribution is -2.28. The van der Waals surface area contributed by atoms with Crippen LogP contribution in [-0.4, -0.2) is 78.2 Å². The van der Waals surface area contributed by atoms with E-state index in [1.165, 1.54) is 6.66 Å². The molecule has 4 atom stereocenters. The van der Waals surface area contributed by atoms with Crippen LogP contribution in [0, 0.1) is 0 Å². The summed E-state index contributed by atoms with van der Waals surface area (Å²) in [7, 11) is -0.729. The highest BCUT2D eigenvalue weighted by Gasteiger charge is 2.25. The van der Waals surface area contributed by atoms with Gasteiger partial charge in [-0.05, 0) is 13.1 Å². The Labute approximate surface area is 109 Å². The molecule has 0 fully saturated rings. The lowest BCUT2D eigenvalue weighted by Gasteiger charge is -2.22. The Morgan fingerprint density at radius 2 is 1.89 bits per heavy atom. The highest BCUT2D eigenvalue weighted by Crippen LogP contribution is 2.54. The summed E-state index contributed by atoms with van der Waals surface area (Å²) < 4.78 is 16.8. The van der Waals surface area contributed by atoms with Gasteiger partial charge in [-0.25, -0.2) is 0 Å². The Hall–Kier alpha value is 0.395. The monoisotopic (exact) mass is 298 g/mol. The molecule has 0 saturated carbocycles. The fourth-order valence-electron chi connectivity index (χ4n) is 1.39. The number of aliphatic hydroxyl groups excluding tert-OH is 2. The molecule has 0 amide bonds. The lowest BCUT2D eigenvalue weighted by molar-refractivity contribution is -0.0251. The predicted molar refractivity (Wildman–Crippen MR) is 74.9 cm³/mol. The van der Waals surface area contributed by atoms with Gasteiger partial charge in [0.1, 0.15) is 7.85 Å². The molecule has 0 aliphatic carbocycles. The van der Waals surface area contributed by atoms with Crippen molar-refractivity contribution in [2.75, 3.05) is 31.9 Å². The van der Waals surface area contributed by atoms with E-state index in [-0.39, 0.29) is 25.1 Å². The fraction of sp³-hybridized carbons (Fsp3) is 0.889. The van der Waals surface area contributed by atoms with Crippen LogP contribution in [0.3, 0.4) is 0 Å². The van der Waals surface area contributed by atoms with Gasteiger partial charge in [0, 0.05) is 19.3 Å². The van der Waals surface area contributed by atoms with Gasteiger partial charge in [0.25, 0.3) is 0 Å². The summed E-state index contributed by atoms with van der Waals surface area (Å²) in [4.78, 5) is 19.1. The van der Waals surface area contributed by atoms with Gasteiger partial charge in [-0.15, -0.1) is 0 Å². The van der Waals surface area contributed by atoms with Crippen LogP contribution in [0.2, 0.25) is 0 Å². The van der Waals surface area contributed by atoms with E-state index in [0.717, 1.165) is 0 Å². The Kier molecular flexibility index (Phi) is 8.03. The van der Waals surface area contributed by atoms with Crippen molar-refractivity contribution in [2.24, 2.45) is 0 Å². The van der Waals surface area contributed by atoms with Crippen molar-refractivity contribution in [1.82, 2.24) is 0 Å². The summed E-state index contributed by atoms with van der Waals surface area (Å²) in [5, 5.41) is 17.7. The van der Waals surface area contributed by atoms with Crippen molar-refractivity contribution in [3.05, 3.63) is 0 Å². The first-order chi connectivity index (χ1) is 8.09. The highest BCUT2D eigenvalue weighted by molar-refractivity contribution is 7.80. The quantitative estimate of drug-likeness (QED) is 0.336. The molecule has 18 heavy (non-hydrogen) atoms. The Morgan fingerprint density at radius 1 is 1.33 bits per heavy atom. The Balaban J connectivity index is 4.27. The topological polar surface area (TPSA) is 107 Å². The summed E-state index contributed by atoms with van der Waals surface area (Å²) >= 11 is 0. The minimum Gasteiger partial charge on any atom is -0.395 e. The van der Waals surface area contributed by atoms with Gasteiger partial charge >= 0.3 is 0 Å². The van der Waals surface area contributed by atoms with Crippen LogP contribution in [0.5, 0.6) is 0 Å². The summed E-state index contributed by atoms with van der Waals surface area (Å²) in [6, 6.07) is -0.927. The van der Waals surface area contributed by atoms with Gasteiger partial charge in [0.05, 0.1) is 25.2 Å². The third kappa shape index (κ3) is 9.34. The molecule has 0 bridgehead atoms. The number of hydrogen-bond donors (Lipinski definition) is 4. The first kappa shape index (κ1) is 18.4. The van der Waals surface area contributed by atoms with Crippen LogP contribution < -0.4 is 0 Å². The van der Waals surface area contributed by atoms with E-state index < -0.39 is 33.2 Å². The SMILES string of the molecule is [B][C@@H](CO)O[C@@H](CO)CCP(=O)(O)CP(=C)(C)O. The zero-order chi connectivity index (χ0) is 14.4. The van der Waals surface area contributed by atoms with Gasteiger partial charge in [0.2, 0.25) is 7.37 Å². The Bertz CT molecular complexity index is 331. The van der Waals surface area contributed by atoms with Crippen molar-refractivity contribution in [3.63, 3.8) is 0 Å². The largest absolute Gasteiger partial charge is 0.395 e. The molecule has 0 saturated heterocycles. The predicted octanol–water partition coefficient (Wildman–Crippen LogP) is -0.545. The van der Waals surface area contributed by atoms with E-state index in [0.29, 0.717) is 0 Å². The molecule has 9 heteroatoms. The molecular formula is C9H21BO6P2. The number of hydrogen-bond acceptors (Lipinski definition) is 5. The highest BCUT2D eigenvalue weighted by atomic mass is 31.2. The van der Waals surface area contributed by atoms with Crippen LogP contribution in [0.25, 0.3) is 0 Å². The molecule has 0 heterocycles. The van der Waals surface area contributed by atoms with Crippen molar-refractivity contribution in [1.29, 1.82) is 0 Å². The third-order valence-electron chi connectivity index (χ3n) is 2.08. The molecule has 106 valence electrons. The van der Waals surface area contributed by atoms with Gasteiger partial charge in [0.15, 0.2) is 0 Å². The van der Waals surface area contributed by atoms with Gasteiger partial charge in [-0.3, -0.25) is 4.57 Å². The summed E-state index contributed by atoms with van der Waals surface area (Å²) in [6.07, 6.45) is 2.79. The average molecular weight is 298 g/mol. The summed E-state index contributed by atoms with van der Waals surface area (Å²) in [5.41, 5.74) is 0. The second kappa shape index (κ2) is 7.86. The summed E-state index contributed by atoms with van der Waals surface area (Å²) in [5.74, 6) is -0.218. The smallest absolute Gasteiger partial charge is 0.206 e. The molecule has 0 aromatic heterocycles. The van der Waals surface area contributed by atoms with Gasteiger partial charge < -0.3 is 24.7 Å². The average Bonchev–Trinajstić information content (AvgIpc) is 2.20. The van der Waals surface area contributed by atoms with E-state index in [9.17, 15) is 14.4 Å². The zero-order valence-electron chi connectivity index (χ0n) is 10.5. The molecule has 0 aromatic rings. The van der Waals surface area contributed by atoms with E-state index >= 15 is 0 Å². The maximum Gasteiger partial charge on any atom is 0.206 e. The molecule has 0 aliphatic rings. The number of ether oxygens (including phenoxy) is 1.